The highest BCUT2D eigenvalue weighted by Crippen LogP contribution is 2.13. The quantitative estimate of drug-likeness (QED) is 0.667. The van der Waals surface area contributed by atoms with Crippen molar-refractivity contribution < 1.29 is 9.47 Å². The average Bonchev–Trinajstić information content (AvgIpc) is 2.63. The normalized spacial score (nSPS) is 11.1. The third-order valence-corrected chi connectivity index (χ3v) is 3.07. The summed E-state index contributed by atoms with van der Waals surface area (Å²) >= 11 is 0. The van der Waals surface area contributed by atoms with Crippen LogP contribution in [0.15, 0.2) is 0 Å². The number of aryl methyl sites for hydroxylation is 1. The van der Waals surface area contributed by atoms with E-state index >= 15 is 0 Å². The molecule has 0 saturated carbocycles. The lowest BCUT2D eigenvalue weighted by Gasteiger charge is -2.06. The first kappa shape index (κ1) is 15.1. The molecule has 1 aromatic heterocycles. The Hall–Kier alpha value is -0.910. The van der Waals surface area contributed by atoms with Gasteiger partial charge in [-0.05, 0) is 32.4 Å². The summed E-state index contributed by atoms with van der Waals surface area (Å²) in [6.45, 7) is 8.33. The van der Waals surface area contributed by atoms with E-state index in [0.29, 0.717) is 6.61 Å². The van der Waals surface area contributed by atoms with Gasteiger partial charge in [-0.2, -0.15) is 5.10 Å². The standard InChI is InChI=1S/C13H25N3O2/c1-11-13(5-6-14-7-9-17-3)12(2)16(15-11)8-10-18-4/h14H,5-10H2,1-4H3. The lowest BCUT2D eigenvalue weighted by atomic mass is 10.1. The lowest BCUT2D eigenvalue weighted by molar-refractivity contribution is 0.182. The predicted molar refractivity (Wildman–Crippen MR) is 72.0 cm³/mol. The Morgan fingerprint density at radius 2 is 1.83 bits per heavy atom. The highest BCUT2D eigenvalue weighted by atomic mass is 16.5. The summed E-state index contributed by atoms with van der Waals surface area (Å²) in [7, 11) is 3.43. The Morgan fingerprint density at radius 1 is 1.11 bits per heavy atom. The van der Waals surface area contributed by atoms with Gasteiger partial charge < -0.3 is 14.8 Å². The summed E-state index contributed by atoms with van der Waals surface area (Å²) in [4.78, 5) is 0. The van der Waals surface area contributed by atoms with Crippen LogP contribution in [0.4, 0.5) is 0 Å². The van der Waals surface area contributed by atoms with E-state index in [4.69, 9.17) is 9.47 Å². The van der Waals surface area contributed by atoms with Gasteiger partial charge in [-0.3, -0.25) is 4.68 Å². The van der Waals surface area contributed by atoms with E-state index in [1.54, 1.807) is 14.2 Å². The zero-order valence-electron chi connectivity index (χ0n) is 12.0. The monoisotopic (exact) mass is 255 g/mol. The molecule has 0 unspecified atom stereocenters. The van der Waals surface area contributed by atoms with Gasteiger partial charge in [-0.15, -0.1) is 0 Å². The molecule has 5 heteroatoms. The van der Waals surface area contributed by atoms with E-state index in [0.717, 1.165) is 38.4 Å². The maximum atomic E-state index is 5.09. The number of hydrogen-bond acceptors (Lipinski definition) is 4. The fourth-order valence-electron chi connectivity index (χ4n) is 2.00. The van der Waals surface area contributed by atoms with Crippen molar-refractivity contribution in [3.8, 4) is 0 Å². The van der Waals surface area contributed by atoms with Gasteiger partial charge in [0.25, 0.3) is 0 Å². The van der Waals surface area contributed by atoms with E-state index < -0.39 is 0 Å². The zero-order valence-corrected chi connectivity index (χ0v) is 12.0. The minimum Gasteiger partial charge on any atom is -0.383 e. The molecule has 0 bridgehead atoms. The number of rotatable bonds is 9. The predicted octanol–water partition coefficient (Wildman–Crippen LogP) is 0.925. The highest BCUT2D eigenvalue weighted by Gasteiger charge is 2.10. The van der Waals surface area contributed by atoms with E-state index in [1.807, 2.05) is 4.68 Å². The molecule has 1 heterocycles. The molecule has 0 saturated heterocycles. The van der Waals surface area contributed by atoms with Gasteiger partial charge in [0.2, 0.25) is 0 Å². The summed E-state index contributed by atoms with van der Waals surface area (Å²) in [6.07, 6.45) is 1.01. The van der Waals surface area contributed by atoms with Crippen molar-refractivity contribution in [3.63, 3.8) is 0 Å². The first-order valence-electron chi connectivity index (χ1n) is 6.42. The number of hydrogen-bond donors (Lipinski definition) is 1. The molecule has 0 amide bonds. The molecule has 0 atom stereocenters. The average molecular weight is 255 g/mol. The number of ether oxygens (including phenoxy) is 2. The minimum absolute atomic E-state index is 0.702. The van der Waals surface area contributed by atoms with Gasteiger partial charge in [0.15, 0.2) is 0 Å². The fraction of sp³-hybridized carbons (Fsp3) is 0.769. The summed E-state index contributed by atoms with van der Waals surface area (Å²) in [5.41, 5.74) is 3.71. The minimum atomic E-state index is 0.702. The summed E-state index contributed by atoms with van der Waals surface area (Å²) in [6, 6.07) is 0. The zero-order chi connectivity index (χ0) is 13.4. The van der Waals surface area contributed by atoms with Crippen LogP contribution in [-0.4, -0.2) is 50.3 Å². The lowest BCUT2D eigenvalue weighted by Crippen LogP contribution is -2.22. The molecule has 0 aromatic carbocycles. The van der Waals surface area contributed by atoms with E-state index in [9.17, 15) is 0 Å². The van der Waals surface area contributed by atoms with Crippen LogP contribution in [0.25, 0.3) is 0 Å². The smallest absolute Gasteiger partial charge is 0.0658 e. The first-order chi connectivity index (χ1) is 8.70. The second-order valence-electron chi connectivity index (χ2n) is 4.36. The molecule has 0 aliphatic rings. The number of methoxy groups -OCH3 is 2. The van der Waals surface area contributed by atoms with Crippen molar-refractivity contribution in [2.75, 3.05) is 40.5 Å². The first-order valence-corrected chi connectivity index (χ1v) is 6.42. The number of nitrogens with one attached hydrogen (secondary N) is 1. The summed E-state index contributed by atoms with van der Waals surface area (Å²) in [5.74, 6) is 0. The Bertz CT molecular complexity index is 350. The van der Waals surface area contributed by atoms with Crippen molar-refractivity contribution in [1.29, 1.82) is 0 Å². The van der Waals surface area contributed by atoms with Gasteiger partial charge in [0, 0.05) is 26.5 Å². The molecule has 0 radical (unpaired) electrons. The highest BCUT2D eigenvalue weighted by molar-refractivity contribution is 5.24. The van der Waals surface area contributed by atoms with E-state index in [-0.39, 0.29) is 0 Å². The Balaban J connectivity index is 2.46. The molecule has 0 aliphatic carbocycles. The molecular formula is C13H25N3O2. The maximum Gasteiger partial charge on any atom is 0.0658 e. The molecule has 1 N–H and O–H groups in total. The van der Waals surface area contributed by atoms with Crippen molar-refractivity contribution in [2.24, 2.45) is 0 Å². The van der Waals surface area contributed by atoms with E-state index in [2.05, 4.69) is 24.3 Å². The molecule has 104 valence electrons. The maximum absolute atomic E-state index is 5.09. The van der Waals surface area contributed by atoms with Crippen LogP contribution >= 0.6 is 0 Å². The van der Waals surface area contributed by atoms with Crippen LogP contribution in [0.3, 0.4) is 0 Å². The summed E-state index contributed by atoms with van der Waals surface area (Å²) < 4.78 is 12.1. The van der Waals surface area contributed by atoms with Crippen LogP contribution in [-0.2, 0) is 22.4 Å². The Morgan fingerprint density at radius 3 is 2.50 bits per heavy atom. The second-order valence-corrected chi connectivity index (χ2v) is 4.36. The molecule has 0 spiro atoms. The van der Waals surface area contributed by atoms with Crippen molar-refractivity contribution in [2.45, 2.75) is 26.8 Å². The van der Waals surface area contributed by atoms with Crippen LogP contribution in [0.2, 0.25) is 0 Å². The number of aromatic nitrogens is 2. The third-order valence-electron chi connectivity index (χ3n) is 3.07. The van der Waals surface area contributed by atoms with Gasteiger partial charge in [-0.1, -0.05) is 0 Å². The molecular weight excluding hydrogens is 230 g/mol. The summed E-state index contributed by atoms with van der Waals surface area (Å²) in [5, 5.41) is 7.90. The molecule has 0 aliphatic heterocycles. The molecule has 1 aromatic rings. The fourth-order valence-corrected chi connectivity index (χ4v) is 2.00. The molecule has 18 heavy (non-hydrogen) atoms. The van der Waals surface area contributed by atoms with Crippen LogP contribution in [0.5, 0.6) is 0 Å². The largest absolute Gasteiger partial charge is 0.383 e. The Labute approximate surface area is 109 Å². The van der Waals surface area contributed by atoms with Gasteiger partial charge in [-0.25, -0.2) is 0 Å². The second kappa shape index (κ2) is 8.24. The molecule has 0 fully saturated rings. The van der Waals surface area contributed by atoms with Crippen molar-refractivity contribution >= 4 is 0 Å². The van der Waals surface area contributed by atoms with Gasteiger partial charge >= 0.3 is 0 Å². The Kier molecular flexibility index (Phi) is 6.93. The van der Waals surface area contributed by atoms with E-state index in [1.165, 1.54) is 11.3 Å². The van der Waals surface area contributed by atoms with Crippen LogP contribution < -0.4 is 5.32 Å². The van der Waals surface area contributed by atoms with Gasteiger partial charge in [0.05, 0.1) is 25.5 Å². The van der Waals surface area contributed by atoms with Crippen LogP contribution in [0, 0.1) is 13.8 Å². The van der Waals surface area contributed by atoms with Gasteiger partial charge in [0.1, 0.15) is 0 Å². The van der Waals surface area contributed by atoms with Crippen LogP contribution in [0.1, 0.15) is 17.0 Å². The number of nitrogens with zero attached hydrogens (tertiary/aromatic N) is 2. The topological polar surface area (TPSA) is 48.3 Å². The third kappa shape index (κ3) is 4.40. The molecule has 5 nitrogen and oxygen atoms in total. The van der Waals surface area contributed by atoms with Crippen molar-refractivity contribution in [3.05, 3.63) is 17.0 Å². The van der Waals surface area contributed by atoms with Crippen molar-refractivity contribution in [1.82, 2.24) is 15.1 Å². The SMILES string of the molecule is COCCNCCc1c(C)nn(CCOC)c1C. The molecule has 1 rings (SSSR count).